The molecule has 2 rings (SSSR count). The molecule has 120 valence electrons. The summed E-state index contributed by atoms with van der Waals surface area (Å²) in [6, 6.07) is 6.19. The highest BCUT2D eigenvalue weighted by Gasteiger charge is 2.39. The molecule has 0 N–H and O–H groups in total. The van der Waals surface area contributed by atoms with E-state index in [1.807, 2.05) is 0 Å². The fraction of sp³-hybridized carbons (Fsp3) is 0.526. The maximum absolute atomic E-state index is 12.4. The van der Waals surface area contributed by atoms with E-state index in [1.54, 1.807) is 0 Å². The third-order valence-corrected chi connectivity index (χ3v) is 4.37. The van der Waals surface area contributed by atoms with Gasteiger partial charge in [-0.1, -0.05) is 31.1 Å². The van der Waals surface area contributed by atoms with E-state index in [9.17, 15) is 4.79 Å². The van der Waals surface area contributed by atoms with Crippen molar-refractivity contribution >= 4 is 17.2 Å². The zero-order valence-corrected chi connectivity index (χ0v) is 14.6. The standard InChI is InChI=1S/C19H27NO2/c1-7-8-17(18(21)22-6)20-16-10-9-13(2)11-15(16)14(3)12-19(20,4)5/h9-12,17H,7-8H2,1-6H3. The molecule has 1 atom stereocenters. The van der Waals surface area contributed by atoms with Crippen LogP contribution in [0.25, 0.3) is 5.57 Å². The van der Waals surface area contributed by atoms with Crippen LogP contribution in [0.15, 0.2) is 24.3 Å². The highest BCUT2D eigenvalue weighted by molar-refractivity contribution is 5.87. The van der Waals surface area contributed by atoms with Crippen molar-refractivity contribution in [1.82, 2.24) is 0 Å². The second-order valence-corrected chi connectivity index (χ2v) is 6.70. The van der Waals surface area contributed by atoms with Crippen molar-refractivity contribution in [1.29, 1.82) is 0 Å². The Kier molecular flexibility index (Phi) is 4.64. The van der Waals surface area contributed by atoms with Crippen LogP contribution in [0.1, 0.15) is 51.7 Å². The van der Waals surface area contributed by atoms with Crippen molar-refractivity contribution < 1.29 is 9.53 Å². The Balaban J connectivity index is 2.60. The number of carbonyl (C=O) groups excluding carboxylic acids is 1. The minimum absolute atomic E-state index is 0.158. The van der Waals surface area contributed by atoms with Crippen LogP contribution < -0.4 is 4.90 Å². The minimum Gasteiger partial charge on any atom is -0.467 e. The van der Waals surface area contributed by atoms with Gasteiger partial charge in [0, 0.05) is 11.3 Å². The fourth-order valence-electron chi connectivity index (χ4n) is 3.49. The zero-order chi connectivity index (χ0) is 16.5. The van der Waals surface area contributed by atoms with Crippen molar-refractivity contribution in [3.8, 4) is 0 Å². The summed E-state index contributed by atoms with van der Waals surface area (Å²) in [7, 11) is 1.47. The van der Waals surface area contributed by atoms with Crippen LogP contribution in [0.3, 0.4) is 0 Å². The molecule has 0 fully saturated rings. The number of anilines is 1. The highest BCUT2D eigenvalue weighted by atomic mass is 16.5. The van der Waals surface area contributed by atoms with Crippen LogP contribution in [0.4, 0.5) is 5.69 Å². The average molecular weight is 301 g/mol. The van der Waals surface area contributed by atoms with Crippen LogP contribution in [-0.4, -0.2) is 24.7 Å². The molecule has 0 radical (unpaired) electrons. The molecule has 1 aliphatic rings. The first kappa shape index (κ1) is 16.6. The molecule has 0 spiro atoms. The summed E-state index contributed by atoms with van der Waals surface area (Å²) in [6.07, 6.45) is 3.98. The van der Waals surface area contributed by atoms with Gasteiger partial charge in [-0.05, 0) is 51.8 Å². The van der Waals surface area contributed by atoms with E-state index >= 15 is 0 Å². The molecule has 0 saturated heterocycles. The molecule has 0 aliphatic carbocycles. The zero-order valence-electron chi connectivity index (χ0n) is 14.6. The van der Waals surface area contributed by atoms with Crippen molar-refractivity contribution in [2.24, 2.45) is 0 Å². The lowest BCUT2D eigenvalue weighted by Gasteiger charge is -2.46. The van der Waals surface area contributed by atoms with Crippen molar-refractivity contribution in [2.75, 3.05) is 12.0 Å². The summed E-state index contributed by atoms with van der Waals surface area (Å²) in [6.45, 7) is 10.7. The van der Waals surface area contributed by atoms with Gasteiger partial charge >= 0.3 is 5.97 Å². The van der Waals surface area contributed by atoms with Gasteiger partial charge in [0.15, 0.2) is 0 Å². The topological polar surface area (TPSA) is 29.5 Å². The van der Waals surface area contributed by atoms with Gasteiger partial charge in [-0.15, -0.1) is 0 Å². The molecule has 22 heavy (non-hydrogen) atoms. The van der Waals surface area contributed by atoms with E-state index in [4.69, 9.17) is 4.74 Å². The second-order valence-electron chi connectivity index (χ2n) is 6.70. The Morgan fingerprint density at radius 2 is 2.00 bits per heavy atom. The van der Waals surface area contributed by atoms with Gasteiger partial charge in [-0.2, -0.15) is 0 Å². The van der Waals surface area contributed by atoms with Gasteiger partial charge in [0.2, 0.25) is 0 Å². The molecule has 1 aliphatic heterocycles. The number of hydrogen-bond acceptors (Lipinski definition) is 3. The van der Waals surface area contributed by atoms with Crippen LogP contribution in [0.2, 0.25) is 0 Å². The van der Waals surface area contributed by atoms with E-state index in [2.05, 4.69) is 63.8 Å². The maximum Gasteiger partial charge on any atom is 0.328 e. The van der Waals surface area contributed by atoms with Crippen LogP contribution in [0.5, 0.6) is 0 Å². The van der Waals surface area contributed by atoms with Crippen LogP contribution >= 0.6 is 0 Å². The Morgan fingerprint density at radius 3 is 2.59 bits per heavy atom. The molecule has 1 aromatic carbocycles. The summed E-state index contributed by atoms with van der Waals surface area (Å²) < 4.78 is 5.08. The SMILES string of the molecule is CCCC(C(=O)OC)N1c2ccc(C)cc2C(C)=CC1(C)C. The van der Waals surface area contributed by atoms with E-state index in [0.717, 1.165) is 18.5 Å². The number of hydrogen-bond donors (Lipinski definition) is 0. The number of esters is 1. The Hall–Kier alpha value is -1.77. The highest BCUT2D eigenvalue weighted by Crippen LogP contribution is 2.41. The Bertz CT molecular complexity index is 601. The molecule has 3 nitrogen and oxygen atoms in total. The van der Waals surface area contributed by atoms with Crippen molar-refractivity contribution in [3.05, 3.63) is 35.4 Å². The number of rotatable bonds is 4. The molecule has 0 bridgehead atoms. The van der Waals surface area contributed by atoms with Crippen LogP contribution in [-0.2, 0) is 9.53 Å². The predicted octanol–water partition coefficient (Wildman–Crippen LogP) is 4.34. The van der Waals surface area contributed by atoms with Gasteiger partial charge in [-0.3, -0.25) is 0 Å². The average Bonchev–Trinajstić information content (AvgIpc) is 2.45. The number of ether oxygens (including phenoxy) is 1. The molecule has 1 aromatic rings. The molecule has 0 saturated carbocycles. The number of methoxy groups -OCH3 is 1. The smallest absolute Gasteiger partial charge is 0.328 e. The third kappa shape index (κ3) is 2.90. The van der Waals surface area contributed by atoms with Crippen molar-refractivity contribution in [3.63, 3.8) is 0 Å². The molecular formula is C19H27NO2. The van der Waals surface area contributed by atoms with E-state index < -0.39 is 0 Å². The third-order valence-electron chi connectivity index (χ3n) is 4.37. The number of benzene rings is 1. The van der Waals surface area contributed by atoms with Gasteiger partial charge in [0.1, 0.15) is 6.04 Å². The molecule has 3 heteroatoms. The lowest BCUT2D eigenvalue weighted by Crippen LogP contribution is -2.54. The number of aryl methyl sites for hydroxylation is 1. The molecular weight excluding hydrogens is 274 g/mol. The van der Waals surface area contributed by atoms with Crippen molar-refractivity contribution in [2.45, 2.75) is 59.0 Å². The first-order chi connectivity index (χ1) is 10.3. The number of carbonyl (C=O) groups is 1. The van der Waals surface area contributed by atoms with Crippen LogP contribution in [0, 0.1) is 6.92 Å². The van der Waals surface area contributed by atoms with E-state index in [-0.39, 0.29) is 17.6 Å². The van der Waals surface area contributed by atoms with Gasteiger partial charge < -0.3 is 9.64 Å². The lowest BCUT2D eigenvalue weighted by atomic mass is 9.86. The van der Waals surface area contributed by atoms with Gasteiger partial charge in [0.25, 0.3) is 0 Å². The maximum atomic E-state index is 12.4. The number of allylic oxidation sites excluding steroid dienone is 1. The predicted molar refractivity (Wildman–Crippen MR) is 92.1 cm³/mol. The lowest BCUT2D eigenvalue weighted by molar-refractivity contribution is -0.142. The summed E-state index contributed by atoms with van der Waals surface area (Å²) >= 11 is 0. The first-order valence-corrected chi connectivity index (χ1v) is 7.99. The summed E-state index contributed by atoms with van der Waals surface area (Å²) in [5, 5.41) is 0. The number of fused-ring (bicyclic) bond motifs is 1. The largest absolute Gasteiger partial charge is 0.467 e. The molecule has 1 heterocycles. The quantitative estimate of drug-likeness (QED) is 0.775. The second kappa shape index (κ2) is 6.15. The molecule has 1 unspecified atom stereocenters. The van der Waals surface area contributed by atoms with Gasteiger partial charge in [-0.25, -0.2) is 4.79 Å². The molecule has 0 amide bonds. The van der Waals surface area contributed by atoms with Gasteiger partial charge in [0.05, 0.1) is 12.6 Å². The summed E-state index contributed by atoms with van der Waals surface area (Å²) in [5.41, 5.74) is 4.61. The fourth-order valence-corrected chi connectivity index (χ4v) is 3.49. The minimum atomic E-state index is -0.254. The molecule has 0 aromatic heterocycles. The number of nitrogens with zero attached hydrogens (tertiary/aromatic N) is 1. The summed E-state index contributed by atoms with van der Waals surface area (Å²) in [4.78, 5) is 14.6. The normalized spacial score (nSPS) is 17.5. The first-order valence-electron chi connectivity index (χ1n) is 7.99. The summed E-state index contributed by atoms with van der Waals surface area (Å²) in [5.74, 6) is -0.158. The monoisotopic (exact) mass is 301 g/mol. The van der Waals surface area contributed by atoms with E-state index in [1.165, 1.54) is 23.8 Å². The Labute approximate surface area is 134 Å². The van der Waals surface area contributed by atoms with E-state index in [0.29, 0.717) is 0 Å². The Morgan fingerprint density at radius 1 is 1.32 bits per heavy atom.